The molecular formula is C13H6ClF7N2O2. The summed E-state index contributed by atoms with van der Waals surface area (Å²) in [5.41, 5.74) is -10.2. The molecular weight excluding hydrogens is 385 g/mol. The third-order valence-electron chi connectivity index (χ3n) is 3.17. The second-order valence-electron chi connectivity index (χ2n) is 4.80. The van der Waals surface area contributed by atoms with E-state index < -0.39 is 50.9 Å². The second-order valence-corrected chi connectivity index (χ2v) is 5.23. The Labute approximate surface area is 138 Å². The first-order valence-electron chi connectivity index (χ1n) is 6.22. The molecule has 2 rings (SSSR count). The lowest BCUT2D eigenvalue weighted by Crippen LogP contribution is -2.46. The fraction of sp³-hybridized carbons (Fsp3) is 0.231. The van der Waals surface area contributed by atoms with Gasteiger partial charge in [-0.1, -0.05) is 11.6 Å². The van der Waals surface area contributed by atoms with Crippen LogP contribution in [-0.2, 0) is 19.4 Å². The minimum atomic E-state index is -5.74. The van der Waals surface area contributed by atoms with Crippen LogP contribution in [0.25, 0.3) is 5.69 Å². The largest absolute Gasteiger partial charge is 0.432 e. The summed E-state index contributed by atoms with van der Waals surface area (Å²) in [6, 6.07) is 2.25. The Morgan fingerprint density at radius 3 is 2.00 bits per heavy atom. The van der Waals surface area contributed by atoms with Gasteiger partial charge in [-0.25, -0.2) is 13.8 Å². The molecule has 0 N–H and O–H groups in total. The van der Waals surface area contributed by atoms with Gasteiger partial charge in [0.15, 0.2) is 5.56 Å². The number of alkyl halides is 6. The molecule has 0 amide bonds. The standard InChI is InChI=1S/C13H6ClF7N2O2/c1-22-9(13(19,20)21)8(12(16,17)18)10(24)23(11(22)25)7-3-2-5(14)4-6(7)15/h2-4H,1H3. The maximum absolute atomic E-state index is 13.9. The summed E-state index contributed by atoms with van der Waals surface area (Å²) in [4.78, 5) is 24.1. The summed E-state index contributed by atoms with van der Waals surface area (Å²) in [7, 11) is 0.393. The van der Waals surface area contributed by atoms with Gasteiger partial charge in [0.1, 0.15) is 11.5 Å². The van der Waals surface area contributed by atoms with E-state index in [2.05, 4.69) is 0 Å². The molecule has 0 aliphatic heterocycles. The first-order valence-corrected chi connectivity index (χ1v) is 6.60. The van der Waals surface area contributed by atoms with Crippen molar-refractivity contribution in [3.8, 4) is 5.69 Å². The maximum Gasteiger partial charge on any atom is 0.432 e. The lowest BCUT2D eigenvalue weighted by Gasteiger charge is -2.20. The molecule has 0 spiro atoms. The van der Waals surface area contributed by atoms with Crippen LogP contribution in [-0.4, -0.2) is 9.13 Å². The van der Waals surface area contributed by atoms with Crippen LogP contribution in [0.1, 0.15) is 11.3 Å². The molecule has 0 radical (unpaired) electrons. The average Bonchev–Trinajstić information content (AvgIpc) is 2.42. The Hall–Kier alpha value is -2.30. The van der Waals surface area contributed by atoms with Crippen LogP contribution in [0.5, 0.6) is 0 Å². The first kappa shape index (κ1) is 19.0. The molecule has 4 nitrogen and oxygen atoms in total. The Morgan fingerprint density at radius 2 is 1.56 bits per heavy atom. The highest BCUT2D eigenvalue weighted by Gasteiger charge is 2.48. The Bertz CT molecular complexity index is 957. The van der Waals surface area contributed by atoms with Gasteiger partial charge in [0.25, 0.3) is 5.56 Å². The van der Waals surface area contributed by atoms with Crippen LogP contribution in [0.3, 0.4) is 0 Å². The smallest absolute Gasteiger partial charge is 0.291 e. The van der Waals surface area contributed by atoms with Crippen molar-refractivity contribution in [1.29, 1.82) is 0 Å². The van der Waals surface area contributed by atoms with Crippen molar-refractivity contribution in [3.05, 3.63) is 61.1 Å². The van der Waals surface area contributed by atoms with Crippen molar-refractivity contribution in [2.45, 2.75) is 12.4 Å². The predicted octanol–water partition coefficient (Wildman–Crippen LogP) is 3.37. The monoisotopic (exact) mass is 390 g/mol. The van der Waals surface area contributed by atoms with Crippen molar-refractivity contribution in [2.75, 3.05) is 0 Å². The summed E-state index contributed by atoms with van der Waals surface area (Å²) in [6.07, 6.45) is -11.4. The first-order chi connectivity index (χ1) is 11.3. The molecule has 0 fully saturated rings. The van der Waals surface area contributed by atoms with Gasteiger partial charge in [-0.2, -0.15) is 26.3 Å². The molecule has 0 atom stereocenters. The van der Waals surface area contributed by atoms with Gasteiger partial charge in [0.2, 0.25) is 0 Å². The number of hydrogen-bond donors (Lipinski definition) is 0. The minimum Gasteiger partial charge on any atom is -0.291 e. The summed E-state index contributed by atoms with van der Waals surface area (Å²) < 4.78 is 91.3. The molecule has 1 heterocycles. The molecule has 12 heteroatoms. The SMILES string of the molecule is Cn1c(C(F)(F)F)c(C(F)(F)F)c(=O)n(-c2ccc(Cl)cc2F)c1=O. The zero-order chi connectivity index (χ0) is 19.3. The molecule has 0 bridgehead atoms. The van der Waals surface area contributed by atoms with E-state index >= 15 is 0 Å². The van der Waals surface area contributed by atoms with Gasteiger partial charge in [-0.15, -0.1) is 0 Å². The maximum atomic E-state index is 13.9. The molecule has 1 aromatic carbocycles. The van der Waals surface area contributed by atoms with Gasteiger partial charge >= 0.3 is 18.0 Å². The number of halogens is 8. The number of nitrogens with zero attached hydrogens (tertiary/aromatic N) is 2. The van der Waals surface area contributed by atoms with Gasteiger partial charge in [0.05, 0.1) is 5.69 Å². The van der Waals surface area contributed by atoms with Crippen molar-refractivity contribution in [3.63, 3.8) is 0 Å². The number of aromatic nitrogens is 2. The van der Waals surface area contributed by atoms with Crippen LogP contribution >= 0.6 is 11.6 Å². The summed E-state index contributed by atoms with van der Waals surface area (Å²) in [5, 5.41) is -0.200. The molecule has 25 heavy (non-hydrogen) atoms. The van der Waals surface area contributed by atoms with Crippen LogP contribution in [0.4, 0.5) is 30.7 Å². The van der Waals surface area contributed by atoms with E-state index in [9.17, 15) is 40.3 Å². The number of benzene rings is 1. The normalized spacial score (nSPS) is 12.5. The second kappa shape index (κ2) is 5.90. The van der Waals surface area contributed by atoms with Crippen LogP contribution in [0.15, 0.2) is 27.8 Å². The Balaban J connectivity index is 3.07. The van der Waals surface area contributed by atoms with E-state index in [1.54, 1.807) is 0 Å². The van der Waals surface area contributed by atoms with Crippen LogP contribution in [0.2, 0.25) is 5.02 Å². The van der Waals surface area contributed by atoms with Gasteiger partial charge in [-0.05, 0) is 18.2 Å². The van der Waals surface area contributed by atoms with E-state index in [4.69, 9.17) is 11.6 Å². The molecule has 0 aliphatic carbocycles. The van der Waals surface area contributed by atoms with Crippen molar-refractivity contribution < 1.29 is 30.7 Å². The summed E-state index contributed by atoms with van der Waals surface area (Å²) in [6.45, 7) is 0. The molecule has 1 aromatic heterocycles. The van der Waals surface area contributed by atoms with Crippen molar-refractivity contribution >= 4 is 11.6 Å². The Kier molecular flexibility index (Phi) is 4.49. The highest BCUT2D eigenvalue weighted by molar-refractivity contribution is 6.30. The highest BCUT2D eigenvalue weighted by Crippen LogP contribution is 2.37. The van der Waals surface area contributed by atoms with Gasteiger partial charge < -0.3 is 0 Å². The quantitative estimate of drug-likeness (QED) is 0.701. The van der Waals surface area contributed by atoms with Crippen LogP contribution < -0.4 is 11.2 Å². The molecule has 0 unspecified atom stereocenters. The fourth-order valence-corrected chi connectivity index (χ4v) is 2.33. The van der Waals surface area contributed by atoms with E-state index in [0.717, 1.165) is 6.07 Å². The van der Waals surface area contributed by atoms with Gasteiger partial charge in [0, 0.05) is 12.1 Å². The van der Waals surface area contributed by atoms with E-state index in [-0.39, 0.29) is 9.59 Å². The average molecular weight is 391 g/mol. The van der Waals surface area contributed by atoms with E-state index in [1.165, 1.54) is 0 Å². The van der Waals surface area contributed by atoms with E-state index in [0.29, 0.717) is 19.2 Å². The van der Waals surface area contributed by atoms with Crippen molar-refractivity contribution in [2.24, 2.45) is 7.05 Å². The zero-order valence-corrected chi connectivity index (χ0v) is 12.7. The summed E-state index contributed by atoms with van der Waals surface area (Å²) >= 11 is 5.46. The number of rotatable bonds is 1. The third-order valence-corrected chi connectivity index (χ3v) is 3.41. The lowest BCUT2D eigenvalue weighted by atomic mass is 10.2. The zero-order valence-electron chi connectivity index (χ0n) is 12.0. The molecule has 0 saturated carbocycles. The minimum absolute atomic E-state index is 0.200. The van der Waals surface area contributed by atoms with Crippen molar-refractivity contribution in [1.82, 2.24) is 9.13 Å². The van der Waals surface area contributed by atoms with Crippen LogP contribution in [0, 0.1) is 5.82 Å². The van der Waals surface area contributed by atoms with Gasteiger partial charge in [-0.3, -0.25) is 9.36 Å². The topological polar surface area (TPSA) is 44.0 Å². The molecule has 2 aromatic rings. The lowest BCUT2D eigenvalue weighted by molar-refractivity contribution is -0.168. The predicted molar refractivity (Wildman–Crippen MR) is 72.3 cm³/mol. The molecule has 0 saturated heterocycles. The molecule has 0 aliphatic rings. The highest BCUT2D eigenvalue weighted by atomic mass is 35.5. The Morgan fingerprint density at radius 1 is 1.00 bits per heavy atom. The molecule has 136 valence electrons. The summed E-state index contributed by atoms with van der Waals surface area (Å²) in [5.74, 6) is -1.36. The number of hydrogen-bond acceptors (Lipinski definition) is 2. The third kappa shape index (κ3) is 3.28. The van der Waals surface area contributed by atoms with E-state index in [1.807, 2.05) is 0 Å². The fourth-order valence-electron chi connectivity index (χ4n) is 2.18.